The fourth-order valence-electron chi connectivity index (χ4n) is 0.849. The van der Waals surface area contributed by atoms with Crippen LogP contribution in [0.15, 0.2) is 10.7 Å². The van der Waals surface area contributed by atoms with Crippen LogP contribution in [0.1, 0.15) is 20.8 Å². The smallest absolute Gasteiger partial charge is 0.241 e. The molecule has 0 unspecified atom stereocenters. The Morgan fingerprint density at radius 1 is 1.25 bits per heavy atom. The summed E-state index contributed by atoms with van der Waals surface area (Å²) in [6.07, 6.45) is 0. The lowest BCUT2D eigenvalue weighted by molar-refractivity contribution is 0.422. The van der Waals surface area contributed by atoms with E-state index in [2.05, 4.69) is 40.4 Å². The van der Waals surface area contributed by atoms with E-state index in [-0.39, 0.29) is 0 Å². The molecule has 0 radical (unpaired) electrons. The molecule has 0 aliphatic carbocycles. The van der Waals surface area contributed by atoms with Crippen molar-refractivity contribution >= 4 is 20.1 Å². The minimum Gasteiger partial charge on any atom is -0.547 e. The number of hydrogen-bond donors (Lipinski definition) is 0. The molecule has 0 spiro atoms. The molecule has 0 aliphatic heterocycles. The van der Waals surface area contributed by atoms with Gasteiger partial charge in [0, 0.05) is 4.91 Å². The van der Waals surface area contributed by atoms with Gasteiger partial charge in [0.25, 0.3) is 0 Å². The quantitative estimate of drug-likeness (QED) is 0.508. The first kappa shape index (κ1) is 12.1. The van der Waals surface area contributed by atoms with Crippen molar-refractivity contribution in [2.45, 2.75) is 40.4 Å². The van der Waals surface area contributed by atoms with Gasteiger partial charge in [-0.05, 0) is 39.2 Å². The third kappa shape index (κ3) is 5.72. The molecule has 3 heteroatoms. The summed E-state index contributed by atoms with van der Waals surface area (Å²) in [7, 11) is -1.38. The standard InChI is InChI=1S/C9H20OSSi/c1-7-11-9(3)8(2)10-12(4,5)6/h7H2,1-6H3/b9-8+. The van der Waals surface area contributed by atoms with E-state index in [4.69, 9.17) is 4.43 Å². The van der Waals surface area contributed by atoms with Crippen LogP contribution in [0.5, 0.6) is 0 Å². The first-order valence-electron chi connectivity index (χ1n) is 4.36. The Kier molecular flexibility index (Phi) is 5.02. The molecule has 0 aromatic rings. The number of hydrogen-bond acceptors (Lipinski definition) is 2. The highest BCUT2D eigenvalue weighted by molar-refractivity contribution is 8.03. The third-order valence-corrected chi connectivity index (χ3v) is 3.24. The topological polar surface area (TPSA) is 9.23 Å². The molecule has 1 nitrogen and oxygen atoms in total. The first-order valence-corrected chi connectivity index (χ1v) is 8.75. The van der Waals surface area contributed by atoms with Crippen LogP contribution in [0.4, 0.5) is 0 Å². The Morgan fingerprint density at radius 3 is 2.08 bits per heavy atom. The molecule has 0 saturated heterocycles. The van der Waals surface area contributed by atoms with E-state index in [1.54, 1.807) is 0 Å². The maximum absolute atomic E-state index is 5.85. The van der Waals surface area contributed by atoms with Crippen molar-refractivity contribution in [2.24, 2.45) is 0 Å². The van der Waals surface area contributed by atoms with Gasteiger partial charge in [-0.1, -0.05) is 6.92 Å². The van der Waals surface area contributed by atoms with Crippen molar-refractivity contribution in [3.63, 3.8) is 0 Å². The van der Waals surface area contributed by atoms with Gasteiger partial charge in [0.15, 0.2) is 0 Å². The molecule has 72 valence electrons. The molecule has 12 heavy (non-hydrogen) atoms. The molecule has 0 aromatic carbocycles. The molecule has 0 amide bonds. The van der Waals surface area contributed by atoms with E-state index in [0.29, 0.717) is 0 Å². The van der Waals surface area contributed by atoms with E-state index in [9.17, 15) is 0 Å². The number of allylic oxidation sites excluding steroid dienone is 2. The zero-order valence-electron chi connectivity index (χ0n) is 9.02. The second-order valence-electron chi connectivity index (χ2n) is 3.76. The number of thioether (sulfide) groups is 1. The summed E-state index contributed by atoms with van der Waals surface area (Å²) in [5.41, 5.74) is 0. The molecule has 0 atom stereocenters. The van der Waals surface area contributed by atoms with Gasteiger partial charge in [0.05, 0.1) is 5.76 Å². The van der Waals surface area contributed by atoms with Gasteiger partial charge < -0.3 is 4.43 Å². The molecular weight excluding hydrogens is 184 g/mol. The Balaban J connectivity index is 4.17. The van der Waals surface area contributed by atoms with Gasteiger partial charge in [-0.25, -0.2) is 0 Å². The average Bonchev–Trinajstić information content (AvgIpc) is 1.84. The maximum atomic E-state index is 5.85. The fraction of sp³-hybridized carbons (Fsp3) is 0.778. The third-order valence-electron chi connectivity index (χ3n) is 1.32. The summed E-state index contributed by atoms with van der Waals surface area (Å²) in [5, 5.41) is 0. The summed E-state index contributed by atoms with van der Waals surface area (Å²) in [5.74, 6) is 2.24. The van der Waals surface area contributed by atoms with Crippen molar-refractivity contribution in [1.29, 1.82) is 0 Å². The minimum absolute atomic E-state index is 1.11. The lowest BCUT2D eigenvalue weighted by atomic mass is 10.5. The Labute approximate surface area is 81.7 Å². The van der Waals surface area contributed by atoms with Crippen LogP contribution in [-0.4, -0.2) is 14.1 Å². The highest BCUT2D eigenvalue weighted by Gasteiger charge is 2.16. The molecule has 0 rings (SSSR count). The second kappa shape index (κ2) is 4.97. The molecule has 0 aliphatic rings. The van der Waals surface area contributed by atoms with E-state index in [0.717, 1.165) is 11.5 Å². The summed E-state index contributed by atoms with van der Waals surface area (Å²) in [6, 6.07) is 0. The van der Waals surface area contributed by atoms with E-state index < -0.39 is 8.32 Å². The molecule has 0 aromatic heterocycles. The SMILES string of the molecule is CCS/C(C)=C(\C)O[Si](C)(C)C. The van der Waals surface area contributed by atoms with Gasteiger partial charge in [-0.2, -0.15) is 0 Å². The normalized spacial score (nSPS) is 14.2. The summed E-state index contributed by atoms with van der Waals surface area (Å²) < 4.78 is 5.85. The summed E-state index contributed by atoms with van der Waals surface area (Å²) >= 11 is 1.86. The van der Waals surface area contributed by atoms with Crippen LogP contribution in [0.2, 0.25) is 19.6 Å². The van der Waals surface area contributed by atoms with Crippen LogP contribution in [0, 0.1) is 0 Å². The van der Waals surface area contributed by atoms with Gasteiger partial charge in [-0.15, -0.1) is 11.8 Å². The Bertz CT molecular complexity index is 170. The number of rotatable bonds is 4. The van der Waals surface area contributed by atoms with E-state index in [1.807, 2.05) is 11.8 Å². The second-order valence-corrected chi connectivity index (χ2v) is 9.67. The molecule has 0 heterocycles. The van der Waals surface area contributed by atoms with Gasteiger partial charge in [0.2, 0.25) is 8.32 Å². The zero-order valence-corrected chi connectivity index (χ0v) is 10.8. The van der Waals surface area contributed by atoms with Crippen molar-refractivity contribution < 1.29 is 4.43 Å². The van der Waals surface area contributed by atoms with Crippen LogP contribution < -0.4 is 0 Å². The average molecular weight is 204 g/mol. The molecule has 0 N–H and O–H groups in total. The minimum atomic E-state index is -1.38. The van der Waals surface area contributed by atoms with E-state index in [1.165, 1.54) is 4.91 Å². The molecule has 0 saturated carbocycles. The van der Waals surface area contributed by atoms with Crippen LogP contribution in [0.3, 0.4) is 0 Å². The lowest BCUT2D eigenvalue weighted by Crippen LogP contribution is -2.24. The van der Waals surface area contributed by atoms with Crippen molar-refractivity contribution in [3.05, 3.63) is 10.7 Å². The van der Waals surface area contributed by atoms with Crippen molar-refractivity contribution in [1.82, 2.24) is 0 Å². The van der Waals surface area contributed by atoms with Gasteiger partial charge >= 0.3 is 0 Å². The molecule has 0 fully saturated rings. The van der Waals surface area contributed by atoms with Crippen molar-refractivity contribution in [2.75, 3.05) is 5.75 Å². The Hall–Kier alpha value is 0.107. The molecular formula is C9H20OSSi. The highest BCUT2D eigenvalue weighted by atomic mass is 32.2. The Morgan fingerprint density at radius 2 is 1.75 bits per heavy atom. The monoisotopic (exact) mass is 204 g/mol. The molecule has 0 bridgehead atoms. The zero-order chi connectivity index (χ0) is 9.78. The van der Waals surface area contributed by atoms with Gasteiger partial charge in [-0.3, -0.25) is 0 Å². The largest absolute Gasteiger partial charge is 0.547 e. The van der Waals surface area contributed by atoms with Crippen LogP contribution in [-0.2, 0) is 4.43 Å². The lowest BCUT2D eigenvalue weighted by Gasteiger charge is -2.21. The summed E-state index contributed by atoms with van der Waals surface area (Å²) in [6.45, 7) is 13.0. The maximum Gasteiger partial charge on any atom is 0.241 e. The summed E-state index contributed by atoms with van der Waals surface area (Å²) in [4.78, 5) is 1.32. The first-order chi connectivity index (χ1) is 5.37. The fourth-order valence-corrected chi connectivity index (χ4v) is 2.67. The van der Waals surface area contributed by atoms with E-state index >= 15 is 0 Å². The highest BCUT2D eigenvalue weighted by Crippen LogP contribution is 2.21. The predicted molar refractivity (Wildman–Crippen MR) is 60.9 cm³/mol. The van der Waals surface area contributed by atoms with Crippen LogP contribution in [0.25, 0.3) is 0 Å². The predicted octanol–water partition coefficient (Wildman–Crippen LogP) is 3.84. The van der Waals surface area contributed by atoms with Crippen molar-refractivity contribution in [3.8, 4) is 0 Å². The van der Waals surface area contributed by atoms with Gasteiger partial charge in [0.1, 0.15) is 0 Å². The van der Waals surface area contributed by atoms with Crippen LogP contribution >= 0.6 is 11.8 Å².